The molecule has 0 atom stereocenters. The van der Waals surface area contributed by atoms with Crippen LogP contribution in [0.25, 0.3) is 0 Å². The molecule has 0 saturated heterocycles. The minimum Gasteiger partial charge on any atom is -0.486 e. The number of ether oxygens (including phenoxy) is 2. The third-order valence-corrected chi connectivity index (χ3v) is 3.26. The zero-order valence-corrected chi connectivity index (χ0v) is 12.9. The van der Waals surface area contributed by atoms with E-state index in [0.717, 1.165) is 0 Å². The smallest absolute Gasteiger partial charge is 0.305 e. The van der Waals surface area contributed by atoms with Crippen molar-refractivity contribution in [2.75, 3.05) is 26.3 Å². The van der Waals surface area contributed by atoms with Gasteiger partial charge in [0.2, 0.25) is 0 Å². The number of benzene rings is 1. The van der Waals surface area contributed by atoms with Crippen LogP contribution in [0.1, 0.15) is 30.6 Å². The van der Waals surface area contributed by atoms with E-state index in [0.29, 0.717) is 36.8 Å². The Morgan fingerprint density at radius 2 is 1.91 bits per heavy atom. The maximum Gasteiger partial charge on any atom is 0.305 e. The van der Waals surface area contributed by atoms with E-state index < -0.39 is 5.97 Å². The molecule has 0 aromatic heterocycles. The molecule has 0 bridgehead atoms. The van der Waals surface area contributed by atoms with Crippen molar-refractivity contribution >= 4 is 11.9 Å². The molecule has 1 aliphatic rings. The largest absolute Gasteiger partial charge is 0.486 e. The predicted molar refractivity (Wildman–Crippen MR) is 80.4 cm³/mol. The molecule has 1 N–H and O–H groups in total. The number of carboxylic acid groups (broad SMARTS) is 1. The van der Waals surface area contributed by atoms with Crippen LogP contribution in [0, 0.1) is 5.92 Å². The zero-order valence-electron chi connectivity index (χ0n) is 12.9. The molecule has 120 valence electrons. The molecule has 1 aliphatic heterocycles. The fourth-order valence-corrected chi connectivity index (χ4v) is 2.31. The lowest BCUT2D eigenvalue weighted by molar-refractivity contribution is -0.137. The minimum absolute atomic E-state index is 0.0665. The van der Waals surface area contributed by atoms with Crippen molar-refractivity contribution in [3.63, 3.8) is 0 Å². The van der Waals surface area contributed by atoms with Gasteiger partial charge in [-0.2, -0.15) is 0 Å². The van der Waals surface area contributed by atoms with Crippen molar-refractivity contribution < 1.29 is 24.2 Å². The fraction of sp³-hybridized carbons (Fsp3) is 0.500. The summed E-state index contributed by atoms with van der Waals surface area (Å²) in [7, 11) is 0. The number of rotatable bonds is 6. The van der Waals surface area contributed by atoms with E-state index >= 15 is 0 Å². The van der Waals surface area contributed by atoms with Gasteiger partial charge < -0.3 is 19.5 Å². The van der Waals surface area contributed by atoms with Crippen LogP contribution in [0.2, 0.25) is 0 Å². The molecule has 0 spiro atoms. The van der Waals surface area contributed by atoms with Gasteiger partial charge in [0.25, 0.3) is 5.91 Å². The quantitative estimate of drug-likeness (QED) is 0.870. The summed E-state index contributed by atoms with van der Waals surface area (Å²) >= 11 is 0. The number of fused-ring (bicyclic) bond motifs is 1. The molecular weight excluding hydrogens is 286 g/mol. The highest BCUT2D eigenvalue weighted by molar-refractivity contribution is 5.95. The topological polar surface area (TPSA) is 76.1 Å². The maximum atomic E-state index is 12.6. The highest BCUT2D eigenvalue weighted by atomic mass is 16.6. The molecule has 1 amide bonds. The molecule has 22 heavy (non-hydrogen) atoms. The molecule has 0 aliphatic carbocycles. The first kappa shape index (κ1) is 16.1. The van der Waals surface area contributed by atoms with Gasteiger partial charge in [0.1, 0.15) is 13.2 Å². The molecule has 0 saturated carbocycles. The van der Waals surface area contributed by atoms with Crippen molar-refractivity contribution in [2.45, 2.75) is 20.3 Å². The van der Waals surface area contributed by atoms with Crippen LogP contribution in [0.15, 0.2) is 18.2 Å². The first-order valence-corrected chi connectivity index (χ1v) is 7.38. The van der Waals surface area contributed by atoms with Crippen molar-refractivity contribution in [3.05, 3.63) is 23.8 Å². The van der Waals surface area contributed by atoms with Gasteiger partial charge in [0.05, 0.1) is 6.42 Å². The van der Waals surface area contributed by atoms with Gasteiger partial charge in [0, 0.05) is 18.7 Å². The highest BCUT2D eigenvalue weighted by Gasteiger charge is 2.20. The number of amides is 1. The molecule has 1 aromatic carbocycles. The van der Waals surface area contributed by atoms with Gasteiger partial charge in [-0.15, -0.1) is 0 Å². The third kappa shape index (κ3) is 4.13. The van der Waals surface area contributed by atoms with E-state index in [9.17, 15) is 9.59 Å². The van der Waals surface area contributed by atoms with Crippen LogP contribution in [0.3, 0.4) is 0 Å². The average Bonchev–Trinajstić information content (AvgIpc) is 2.49. The van der Waals surface area contributed by atoms with E-state index in [1.54, 1.807) is 23.1 Å². The lowest BCUT2D eigenvalue weighted by atomic mass is 10.1. The Morgan fingerprint density at radius 3 is 2.55 bits per heavy atom. The van der Waals surface area contributed by atoms with Gasteiger partial charge in [-0.25, -0.2) is 0 Å². The summed E-state index contributed by atoms with van der Waals surface area (Å²) in [6.07, 6.45) is -0.0665. The normalized spacial score (nSPS) is 13.0. The van der Waals surface area contributed by atoms with E-state index in [4.69, 9.17) is 14.6 Å². The zero-order chi connectivity index (χ0) is 16.1. The van der Waals surface area contributed by atoms with Gasteiger partial charge in [0.15, 0.2) is 11.5 Å². The Labute approximate surface area is 129 Å². The molecule has 1 heterocycles. The van der Waals surface area contributed by atoms with E-state index in [-0.39, 0.29) is 24.8 Å². The van der Waals surface area contributed by atoms with Crippen LogP contribution in [-0.2, 0) is 4.79 Å². The van der Waals surface area contributed by atoms with Gasteiger partial charge in [-0.05, 0) is 24.1 Å². The molecule has 0 unspecified atom stereocenters. The van der Waals surface area contributed by atoms with Crippen molar-refractivity contribution in [2.24, 2.45) is 5.92 Å². The standard InChI is InChI=1S/C16H21NO5/c1-11(2)10-17(6-5-15(18)19)16(20)12-3-4-13-14(9-12)22-8-7-21-13/h3-4,9,11H,5-8,10H2,1-2H3,(H,18,19). The van der Waals surface area contributed by atoms with E-state index in [2.05, 4.69) is 0 Å². The van der Waals surface area contributed by atoms with E-state index in [1.807, 2.05) is 13.8 Å². The Kier molecular flexibility index (Phi) is 5.25. The fourth-order valence-electron chi connectivity index (χ4n) is 2.31. The molecule has 6 nitrogen and oxygen atoms in total. The van der Waals surface area contributed by atoms with Gasteiger partial charge in [-0.3, -0.25) is 9.59 Å². The highest BCUT2D eigenvalue weighted by Crippen LogP contribution is 2.31. The number of carboxylic acids is 1. The van der Waals surface area contributed by atoms with Crippen molar-refractivity contribution in [3.8, 4) is 11.5 Å². The molecule has 0 fully saturated rings. The number of carbonyl (C=O) groups is 2. The maximum absolute atomic E-state index is 12.6. The Balaban J connectivity index is 2.16. The number of aliphatic carboxylic acids is 1. The van der Waals surface area contributed by atoms with Crippen LogP contribution < -0.4 is 9.47 Å². The molecule has 2 rings (SSSR count). The summed E-state index contributed by atoms with van der Waals surface area (Å²) in [5.41, 5.74) is 0.482. The lowest BCUT2D eigenvalue weighted by Gasteiger charge is -2.25. The average molecular weight is 307 g/mol. The molecule has 0 radical (unpaired) electrons. The van der Waals surface area contributed by atoms with Crippen molar-refractivity contribution in [1.82, 2.24) is 4.90 Å². The second-order valence-corrected chi connectivity index (χ2v) is 5.65. The summed E-state index contributed by atoms with van der Waals surface area (Å²) in [4.78, 5) is 25.0. The van der Waals surface area contributed by atoms with Gasteiger partial charge >= 0.3 is 5.97 Å². The number of hydrogen-bond acceptors (Lipinski definition) is 4. The summed E-state index contributed by atoms with van der Waals surface area (Å²) in [6.45, 7) is 5.65. The Bertz CT molecular complexity index is 555. The second-order valence-electron chi connectivity index (χ2n) is 5.65. The predicted octanol–water partition coefficient (Wildman–Crippen LogP) is 2.03. The lowest BCUT2D eigenvalue weighted by Crippen LogP contribution is -2.36. The number of carbonyl (C=O) groups excluding carboxylic acids is 1. The first-order chi connectivity index (χ1) is 10.5. The van der Waals surface area contributed by atoms with Gasteiger partial charge in [-0.1, -0.05) is 13.8 Å². The van der Waals surface area contributed by atoms with Crippen LogP contribution >= 0.6 is 0 Å². The minimum atomic E-state index is -0.913. The summed E-state index contributed by atoms with van der Waals surface area (Å²) < 4.78 is 10.9. The Hall–Kier alpha value is -2.24. The summed E-state index contributed by atoms with van der Waals surface area (Å²) in [6, 6.07) is 5.06. The summed E-state index contributed by atoms with van der Waals surface area (Å²) in [5.74, 6) is 0.342. The van der Waals surface area contributed by atoms with Crippen LogP contribution in [-0.4, -0.2) is 48.2 Å². The first-order valence-electron chi connectivity index (χ1n) is 7.38. The number of nitrogens with zero attached hydrogens (tertiary/aromatic N) is 1. The SMILES string of the molecule is CC(C)CN(CCC(=O)O)C(=O)c1ccc2c(c1)OCCO2. The van der Waals surface area contributed by atoms with Crippen LogP contribution in [0.5, 0.6) is 11.5 Å². The van der Waals surface area contributed by atoms with Crippen LogP contribution in [0.4, 0.5) is 0 Å². The molecule has 1 aromatic rings. The molecule has 6 heteroatoms. The number of hydrogen-bond donors (Lipinski definition) is 1. The second kappa shape index (κ2) is 7.15. The molecular formula is C16H21NO5. The third-order valence-electron chi connectivity index (χ3n) is 3.26. The summed E-state index contributed by atoms with van der Waals surface area (Å²) in [5, 5.41) is 8.83. The Morgan fingerprint density at radius 1 is 1.23 bits per heavy atom. The monoisotopic (exact) mass is 307 g/mol. The van der Waals surface area contributed by atoms with Crippen molar-refractivity contribution in [1.29, 1.82) is 0 Å². The van der Waals surface area contributed by atoms with E-state index in [1.165, 1.54) is 0 Å².